The molecule has 152 valence electrons. The lowest BCUT2D eigenvalue weighted by Gasteiger charge is -2.25. The topological polar surface area (TPSA) is 99.2 Å². The van der Waals surface area contributed by atoms with Crippen molar-refractivity contribution in [1.29, 1.82) is 0 Å². The summed E-state index contributed by atoms with van der Waals surface area (Å²) in [5.41, 5.74) is 2.97. The number of hydrogen-bond acceptors (Lipinski definition) is 5. The van der Waals surface area contributed by atoms with E-state index in [1.807, 2.05) is 6.07 Å². The van der Waals surface area contributed by atoms with Gasteiger partial charge in [0.15, 0.2) is 0 Å². The number of hydrogen-bond donors (Lipinski definition) is 2. The van der Waals surface area contributed by atoms with Crippen molar-refractivity contribution in [3.8, 4) is 0 Å². The Kier molecular flexibility index (Phi) is 5.13. The fourth-order valence-electron chi connectivity index (χ4n) is 3.79. The fraction of sp³-hybridized carbons (Fsp3) is 0.182. The molecule has 1 aromatic carbocycles. The van der Waals surface area contributed by atoms with Crippen molar-refractivity contribution in [3.63, 3.8) is 0 Å². The summed E-state index contributed by atoms with van der Waals surface area (Å²) >= 11 is 6.19. The molecular formula is C22H19ClN4O3. The molecule has 0 unspecified atom stereocenters. The molecule has 1 atom stereocenters. The second kappa shape index (κ2) is 7.76. The molecule has 0 bridgehead atoms. The maximum atomic E-state index is 13.0. The van der Waals surface area contributed by atoms with Crippen molar-refractivity contribution in [1.82, 2.24) is 20.1 Å². The van der Waals surface area contributed by atoms with Crippen LogP contribution in [0.25, 0.3) is 5.76 Å². The van der Waals surface area contributed by atoms with Gasteiger partial charge in [-0.3, -0.25) is 19.7 Å². The molecule has 3 heterocycles. The normalized spacial score (nSPS) is 18.2. The number of nitrogens with one attached hydrogen (secondary N) is 1. The molecule has 30 heavy (non-hydrogen) atoms. The van der Waals surface area contributed by atoms with Crippen molar-refractivity contribution in [3.05, 3.63) is 87.5 Å². The number of aromatic amines is 1. The number of aryl methyl sites for hydroxylation is 2. The highest BCUT2D eigenvalue weighted by molar-refractivity contribution is 6.46. The van der Waals surface area contributed by atoms with E-state index in [9.17, 15) is 14.7 Å². The number of amides is 1. The summed E-state index contributed by atoms with van der Waals surface area (Å²) in [6.07, 6.45) is 3.27. The lowest BCUT2D eigenvalue weighted by Crippen LogP contribution is -2.29. The highest BCUT2D eigenvalue weighted by atomic mass is 35.5. The molecule has 0 saturated carbocycles. The molecule has 0 aliphatic carbocycles. The number of nitrogens with zero attached hydrogens (tertiary/aromatic N) is 3. The third-order valence-corrected chi connectivity index (χ3v) is 5.38. The number of aliphatic hydroxyl groups excluding tert-OH is 1. The third-order valence-electron chi connectivity index (χ3n) is 5.15. The summed E-state index contributed by atoms with van der Waals surface area (Å²) < 4.78 is 0. The quantitative estimate of drug-likeness (QED) is 0.379. The van der Waals surface area contributed by atoms with Crippen molar-refractivity contribution in [2.45, 2.75) is 26.4 Å². The largest absolute Gasteiger partial charge is 0.507 e. The van der Waals surface area contributed by atoms with Crippen molar-refractivity contribution >= 4 is 29.1 Å². The molecule has 1 amide bonds. The number of ketones is 1. The van der Waals surface area contributed by atoms with Gasteiger partial charge in [0, 0.05) is 29.7 Å². The molecule has 1 aliphatic rings. The molecule has 1 fully saturated rings. The highest BCUT2D eigenvalue weighted by Crippen LogP contribution is 2.41. The number of carbonyl (C=O) groups excluding carboxylic acids is 2. The van der Waals surface area contributed by atoms with Gasteiger partial charge in [-0.2, -0.15) is 5.10 Å². The first kappa shape index (κ1) is 19.8. The molecule has 0 spiro atoms. The van der Waals surface area contributed by atoms with Gasteiger partial charge in [-0.05, 0) is 43.2 Å². The number of pyridine rings is 1. The Morgan fingerprint density at radius 1 is 1.23 bits per heavy atom. The van der Waals surface area contributed by atoms with Gasteiger partial charge in [-0.25, -0.2) is 0 Å². The Morgan fingerprint density at radius 2 is 2.03 bits per heavy atom. The van der Waals surface area contributed by atoms with E-state index in [0.717, 1.165) is 5.56 Å². The van der Waals surface area contributed by atoms with Gasteiger partial charge in [-0.15, -0.1) is 0 Å². The Hall–Kier alpha value is -3.45. The van der Waals surface area contributed by atoms with Crippen molar-refractivity contribution in [2.24, 2.45) is 0 Å². The maximum absolute atomic E-state index is 13.0. The lowest BCUT2D eigenvalue weighted by atomic mass is 9.94. The summed E-state index contributed by atoms with van der Waals surface area (Å²) in [4.78, 5) is 31.5. The Morgan fingerprint density at radius 3 is 2.67 bits per heavy atom. The number of Topliss-reactive ketones (excluding diaryl/α,β-unsaturated/α-hetero) is 1. The molecule has 1 saturated heterocycles. The van der Waals surface area contributed by atoms with E-state index in [1.165, 1.54) is 4.90 Å². The van der Waals surface area contributed by atoms with Crippen LogP contribution in [0.4, 0.5) is 0 Å². The van der Waals surface area contributed by atoms with Crippen LogP contribution >= 0.6 is 11.6 Å². The zero-order chi connectivity index (χ0) is 21.4. The predicted molar refractivity (Wildman–Crippen MR) is 112 cm³/mol. The van der Waals surface area contributed by atoms with Crippen LogP contribution in [0.2, 0.25) is 5.02 Å². The van der Waals surface area contributed by atoms with Gasteiger partial charge in [0.2, 0.25) is 0 Å². The van der Waals surface area contributed by atoms with E-state index in [1.54, 1.807) is 56.6 Å². The average molecular weight is 423 g/mol. The van der Waals surface area contributed by atoms with Gasteiger partial charge in [0.1, 0.15) is 5.76 Å². The van der Waals surface area contributed by atoms with E-state index < -0.39 is 17.7 Å². The first-order valence-electron chi connectivity index (χ1n) is 9.33. The molecule has 4 rings (SSSR count). The van der Waals surface area contributed by atoms with Crippen LogP contribution in [0.3, 0.4) is 0 Å². The Bertz CT molecular complexity index is 1150. The van der Waals surface area contributed by atoms with E-state index in [4.69, 9.17) is 11.6 Å². The summed E-state index contributed by atoms with van der Waals surface area (Å²) in [6, 6.07) is 9.72. The van der Waals surface area contributed by atoms with Crippen LogP contribution in [-0.2, 0) is 16.1 Å². The van der Waals surface area contributed by atoms with Crippen molar-refractivity contribution < 1.29 is 14.7 Å². The molecule has 8 heteroatoms. The fourth-order valence-corrected chi connectivity index (χ4v) is 3.99. The number of carbonyl (C=O) groups is 2. The molecule has 2 N–H and O–H groups in total. The second-order valence-corrected chi connectivity index (χ2v) is 7.59. The summed E-state index contributed by atoms with van der Waals surface area (Å²) in [5.74, 6) is -1.69. The summed E-state index contributed by atoms with van der Waals surface area (Å²) in [6.45, 7) is 3.63. The van der Waals surface area contributed by atoms with Gasteiger partial charge in [0.25, 0.3) is 11.7 Å². The molecule has 2 aromatic heterocycles. The highest BCUT2D eigenvalue weighted by Gasteiger charge is 2.46. The van der Waals surface area contributed by atoms with E-state index in [2.05, 4.69) is 15.2 Å². The van der Waals surface area contributed by atoms with Crippen LogP contribution < -0.4 is 0 Å². The predicted octanol–water partition coefficient (Wildman–Crippen LogP) is 3.70. The molecule has 7 nitrogen and oxygen atoms in total. The van der Waals surface area contributed by atoms with E-state index >= 15 is 0 Å². The standard InChI is InChI=1S/C22H19ClN4O3/c1-12-17(13(2)26-25-12)20(28)18-19(15-6-3-7-16(23)9-15)27(22(30)21(18)29)11-14-5-4-8-24-10-14/h3-10,19,28H,11H2,1-2H3,(H,25,26)/t19-/m1/s1. The molecule has 3 aromatic rings. The maximum Gasteiger partial charge on any atom is 0.295 e. The van der Waals surface area contributed by atoms with E-state index in [0.29, 0.717) is 27.5 Å². The van der Waals surface area contributed by atoms with Gasteiger partial charge >= 0.3 is 0 Å². The number of aromatic nitrogens is 3. The lowest BCUT2D eigenvalue weighted by molar-refractivity contribution is -0.140. The minimum atomic E-state index is -0.794. The second-order valence-electron chi connectivity index (χ2n) is 7.15. The monoisotopic (exact) mass is 422 g/mol. The van der Waals surface area contributed by atoms with Crippen LogP contribution in [0, 0.1) is 13.8 Å². The third kappa shape index (κ3) is 3.37. The molecular weight excluding hydrogens is 404 g/mol. The van der Waals surface area contributed by atoms with Crippen LogP contribution in [0.5, 0.6) is 0 Å². The SMILES string of the molecule is Cc1n[nH]c(C)c1C(O)=C1C(=O)C(=O)N(Cc2cccnc2)[C@@H]1c1cccc(Cl)c1. The number of halogens is 1. The van der Waals surface area contributed by atoms with Gasteiger partial charge in [0.05, 0.1) is 22.9 Å². The zero-order valence-electron chi connectivity index (χ0n) is 16.4. The Labute approximate surface area is 178 Å². The number of benzene rings is 1. The van der Waals surface area contributed by atoms with Crippen LogP contribution in [0.1, 0.15) is 34.1 Å². The number of rotatable bonds is 4. The minimum Gasteiger partial charge on any atom is -0.507 e. The number of aliphatic hydroxyl groups is 1. The van der Waals surface area contributed by atoms with Crippen molar-refractivity contribution in [2.75, 3.05) is 0 Å². The number of H-pyrrole nitrogens is 1. The van der Waals surface area contributed by atoms with Crippen LogP contribution in [0.15, 0.2) is 54.4 Å². The number of likely N-dealkylation sites (tertiary alicyclic amines) is 1. The van der Waals surface area contributed by atoms with Crippen LogP contribution in [-0.4, -0.2) is 36.9 Å². The average Bonchev–Trinajstić information content (AvgIpc) is 3.19. The first-order valence-corrected chi connectivity index (χ1v) is 9.71. The Balaban J connectivity index is 1.91. The summed E-state index contributed by atoms with van der Waals surface area (Å²) in [7, 11) is 0. The molecule has 0 radical (unpaired) electrons. The first-order chi connectivity index (χ1) is 14.4. The smallest absolute Gasteiger partial charge is 0.295 e. The summed E-state index contributed by atoms with van der Waals surface area (Å²) in [5, 5.41) is 18.5. The minimum absolute atomic E-state index is 0.0127. The van der Waals surface area contributed by atoms with E-state index in [-0.39, 0.29) is 17.9 Å². The van der Waals surface area contributed by atoms with Gasteiger partial charge < -0.3 is 10.0 Å². The van der Waals surface area contributed by atoms with Gasteiger partial charge in [-0.1, -0.05) is 29.8 Å². The molecule has 1 aliphatic heterocycles. The zero-order valence-corrected chi connectivity index (χ0v) is 17.1.